The van der Waals surface area contributed by atoms with E-state index >= 15 is 0 Å². The molecule has 2 aromatic rings. The van der Waals surface area contributed by atoms with E-state index in [4.69, 9.17) is 16.3 Å². The van der Waals surface area contributed by atoms with Gasteiger partial charge in [-0.2, -0.15) is 4.98 Å². The molecule has 0 aliphatic carbocycles. The van der Waals surface area contributed by atoms with Crippen LogP contribution in [0.4, 0.5) is 10.6 Å². The third kappa shape index (κ3) is 4.48. The lowest BCUT2D eigenvalue weighted by molar-refractivity contribution is 0.0233. The minimum atomic E-state index is -0.513. The topological polar surface area (TPSA) is 58.6 Å². The average molecular weight is 582 g/mol. The van der Waals surface area contributed by atoms with Gasteiger partial charge in [0.1, 0.15) is 11.4 Å². The highest BCUT2D eigenvalue weighted by molar-refractivity contribution is 14.1. The largest absolute Gasteiger partial charge is 0.444 e. The van der Waals surface area contributed by atoms with Gasteiger partial charge >= 0.3 is 6.09 Å². The number of carbonyl (C=O) groups excluding carboxylic acids is 1. The molecule has 9 heteroatoms. The molecule has 2 heterocycles. The maximum absolute atomic E-state index is 12.6. The summed E-state index contributed by atoms with van der Waals surface area (Å²) < 4.78 is 7.60. The third-order valence-electron chi connectivity index (χ3n) is 4.86. The number of benzene rings is 1. The van der Waals surface area contributed by atoms with E-state index in [1.807, 2.05) is 46.9 Å². The molecule has 0 spiro atoms. The van der Waals surface area contributed by atoms with Crippen molar-refractivity contribution in [3.05, 3.63) is 25.5 Å². The molecule has 1 aromatic heterocycles. The van der Waals surface area contributed by atoms with Gasteiger partial charge in [-0.25, -0.2) is 9.78 Å². The van der Waals surface area contributed by atoms with E-state index in [-0.39, 0.29) is 23.5 Å². The maximum atomic E-state index is 12.6. The SMILES string of the molecule is CC1C(N(C)c2nc(Cl)nc3cc(Br)c(I)cc23)CCN1C(=O)OC(C)(C)C. The Bertz CT molecular complexity index is 921. The fourth-order valence-electron chi connectivity index (χ4n) is 3.53. The summed E-state index contributed by atoms with van der Waals surface area (Å²) in [5.41, 5.74) is 0.269. The Labute approximate surface area is 192 Å². The number of hydrogen-bond acceptors (Lipinski definition) is 5. The monoisotopic (exact) mass is 580 g/mol. The Kier molecular flexibility index (Phi) is 6.32. The van der Waals surface area contributed by atoms with Gasteiger partial charge in [0.15, 0.2) is 0 Å². The molecule has 152 valence electrons. The van der Waals surface area contributed by atoms with E-state index in [0.29, 0.717) is 6.54 Å². The molecule has 0 radical (unpaired) electrons. The number of nitrogens with zero attached hydrogens (tertiary/aromatic N) is 4. The second-order valence-corrected chi connectivity index (χ2v) is 10.3. The molecule has 0 N–H and O–H groups in total. The molecule has 2 atom stereocenters. The Morgan fingerprint density at radius 2 is 2.07 bits per heavy atom. The quantitative estimate of drug-likeness (QED) is 0.347. The Morgan fingerprint density at radius 3 is 2.71 bits per heavy atom. The highest BCUT2D eigenvalue weighted by atomic mass is 127. The van der Waals surface area contributed by atoms with E-state index in [9.17, 15) is 4.79 Å². The van der Waals surface area contributed by atoms with Gasteiger partial charge in [-0.05, 0) is 96.4 Å². The van der Waals surface area contributed by atoms with E-state index in [0.717, 1.165) is 31.2 Å². The van der Waals surface area contributed by atoms with E-state index in [1.165, 1.54) is 0 Å². The number of rotatable bonds is 2. The molecule has 1 saturated heterocycles. The summed E-state index contributed by atoms with van der Waals surface area (Å²) in [6.07, 6.45) is 0.549. The van der Waals surface area contributed by atoms with Crippen molar-refractivity contribution in [2.75, 3.05) is 18.5 Å². The first-order valence-corrected chi connectivity index (χ1v) is 11.3. The minimum absolute atomic E-state index is 0.0156. The molecule has 0 saturated carbocycles. The summed E-state index contributed by atoms with van der Waals surface area (Å²) >= 11 is 12.0. The average Bonchev–Trinajstić information content (AvgIpc) is 2.95. The number of halogens is 3. The summed E-state index contributed by atoms with van der Waals surface area (Å²) in [6, 6.07) is 4.08. The summed E-state index contributed by atoms with van der Waals surface area (Å²) in [7, 11) is 1.99. The molecule has 1 aliphatic rings. The van der Waals surface area contributed by atoms with Crippen molar-refractivity contribution in [2.24, 2.45) is 0 Å². The Balaban J connectivity index is 1.91. The number of carbonyl (C=O) groups is 1. The van der Waals surface area contributed by atoms with Crippen LogP contribution in [0, 0.1) is 3.57 Å². The highest BCUT2D eigenvalue weighted by Gasteiger charge is 2.39. The summed E-state index contributed by atoms with van der Waals surface area (Å²) in [5, 5.41) is 1.14. The number of likely N-dealkylation sites (N-methyl/N-ethyl adjacent to an activating group) is 1. The Hall–Kier alpha value is -0.870. The number of anilines is 1. The van der Waals surface area contributed by atoms with Crippen LogP contribution < -0.4 is 4.90 Å². The van der Waals surface area contributed by atoms with Crippen molar-refractivity contribution in [3.63, 3.8) is 0 Å². The summed E-state index contributed by atoms with van der Waals surface area (Å²) in [6.45, 7) is 8.33. The molecule has 1 aliphatic heterocycles. The minimum Gasteiger partial charge on any atom is -0.444 e. The normalized spacial score (nSPS) is 19.9. The number of aromatic nitrogens is 2. The summed E-state index contributed by atoms with van der Waals surface area (Å²) in [5.74, 6) is 0.767. The number of amides is 1. The smallest absolute Gasteiger partial charge is 0.410 e. The lowest BCUT2D eigenvalue weighted by Gasteiger charge is -2.33. The first-order valence-electron chi connectivity index (χ1n) is 9.02. The van der Waals surface area contributed by atoms with Gasteiger partial charge in [-0.15, -0.1) is 0 Å². The fourth-order valence-corrected chi connectivity index (χ4v) is 4.49. The number of ether oxygens (including phenoxy) is 1. The second-order valence-electron chi connectivity index (χ2n) is 7.98. The van der Waals surface area contributed by atoms with Crippen molar-refractivity contribution < 1.29 is 9.53 Å². The zero-order valence-corrected chi connectivity index (χ0v) is 21.0. The van der Waals surface area contributed by atoms with Crippen LogP contribution in [0.5, 0.6) is 0 Å². The van der Waals surface area contributed by atoms with Crippen LogP contribution in [0.15, 0.2) is 16.6 Å². The van der Waals surface area contributed by atoms with Crippen molar-refractivity contribution in [2.45, 2.75) is 51.8 Å². The molecule has 1 amide bonds. The van der Waals surface area contributed by atoms with Crippen LogP contribution in [0.1, 0.15) is 34.1 Å². The lowest BCUT2D eigenvalue weighted by Crippen LogP contribution is -2.45. The van der Waals surface area contributed by atoms with Gasteiger partial charge in [0, 0.05) is 27.0 Å². The van der Waals surface area contributed by atoms with Crippen LogP contribution >= 0.6 is 50.1 Å². The Morgan fingerprint density at radius 1 is 1.39 bits per heavy atom. The molecule has 0 bridgehead atoms. The predicted octanol–water partition coefficient (Wildman–Crippen LogP) is 5.48. The van der Waals surface area contributed by atoms with Crippen LogP contribution in [-0.4, -0.2) is 52.2 Å². The van der Waals surface area contributed by atoms with Gasteiger partial charge in [0.2, 0.25) is 5.28 Å². The second kappa shape index (κ2) is 8.10. The zero-order chi connectivity index (χ0) is 20.8. The van der Waals surface area contributed by atoms with Crippen molar-refractivity contribution in [1.82, 2.24) is 14.9 Å². The lowest BCUT2D eigenvalue weighted by atomic mass is 10.1. The first-order chi connectivity index (χ1) is 13.0. The van der Waals surface area contributed by atoms with Crippen LogP contribution in [0.25, 0.3) is 10.9 Å². The van der Waals surface area contributed by atoms with Gasteiger partial charge in [0.25, 0.3) is 0 Å². The van der Waals surface area contributed by atoms with Crippen LogP contribution in [-0.2, 0) is 4.74 Å². The van der Waals surface area contributed by atoms with Crippen molar-refractivity contribution in [1.29, 1.82) is 0 Å². The predicted molar refractivity (Wildman–Crippen MR) is 124 cm³/mol. The van der Waals surface area contributed by atoms with Gasteiger partial charge in [-0.3, -0.25) is 0 Å². The van der Waals surface area contributed by atoms with Crippen LogP contribution in [0.3, 0.4) is 0 Å². The van der Waals surface area contributed by atoms with E-state index in [1.54, 1.807) is 4.90 Å². The number of fused-ring (bicyclic) bond motifs is 1. The third-order valence-corrected chi connectivity index (χ3v) is 7.32. The highest BCUT2D eigenvalue weighted by Crippen LogP contribution is 2.34. The van der Waals surface area contributed by atoms with Gasteiger partial charge < -0.3 is 14.5 Å². The number of hydrogen-bond donors (Lipinski definition) is 0. The molecule has 3 rings (SSSR count). The molecule has 6 nitrogen and oxygen atoms in total. The fraction of sp³-hybridized carbons (Fsp3) is 0.526. The molecule has 2 unspecified atom stereocenters. The van der Waals surface area contributed by atoms with E-state index < -0.39 is 5.60 Å². The summed E-state index contributed by atoms with van der Waals surface area (Å²) in [4.78, 5) is 25.3. The van der Waals surface area contributed by atoms with Gasteiger partial charge in [-0.1, -0.05) is 0 Å². The first kappa shape index (κ1) is 21.8. The molecule has 1 aromatic carbocycles. The zero-order valence-electron chi connectivity index (χ0n) is 16.5. The molecular formula is C19H23BrClIN4O2. The molecule has 28 heavy (non-hydrogen) atoms. The van der Waals surface area contributed by atoms with Crippen molar-refractivity contribution in [3.8, 4) is 0 Å². The number of likely N-dealkylation sites (tertiary alicyclic amines) is 1. The molecular weight excluding hydrogens is 558 g/mol. The van der Waals surface area contributed by atoms with Gasteiger partial charge in [0.05, 0.1) is 17.6 Å². The van der Waals surface area contributed by atoms with E-state index in [2.05, 4.69) is 53.4 Å². The van der Waals surface area contributed by atoms with Crippen molar-refractivity contribution >= 4 is 72.9 Å². The molecule has 1 fully saturated rings. The maximum Gasteiger partial charge on any atom is 0.410 e. The standard InChI is InChI=1S/C19H23BrClIN4O2/c1-10-15(6-7-26(10)18(27)28-19(2,3)4)25(5)16-11-8-13(22)12(20)9-14(11)23-17(21)24-16/h8-10,15H,6-7H2,1-5H3. The van der Waals surface area contributed by atoms with Crippen LogP contribution in [0.2, 0.25) is 5.28 Å².